The van der Waals surface area contributed by atoms with Crippen molar-refractivity contribution >= 4 is 29.2 Å². The van der Waals surface area contributed by atoms with E-state index in [0.717, 1.165) is 22.7 Å². The number of pyridine rings is 1. The van der Waals surface area contributed by atoms with Crippen molar-refractivity contribution in [2.75, 3.05) is 7.11 Å². The van der Waals surface area contributed by atoms with Crippen LogP contribution in [0.5, 0.6) is 5.75 Å². The first-order chi connectivity index (χ1) is 11.7. The standard InChI is InChI=1S/C18H16ClN3O2/c1-24-15-5-2-4-13(10-15)8-9-18(23)20-11-14-12-22-16(19)6-3-7-17(22)21-14/h2-10,12H,11H2,1H3,(H,20,23)/b9-8+. The molecule has 0 bridgehead atoms. The number of imidazole rings is 1. The minimum Gasteiger partial charge on any atom is -0.497 e. The normalized spacial score (nSPS) is 11.1. The molecule has 1 amide bonds. The molecular weight excluding hydrogens is 326 g/mol. The SMILES string of the molecule is COc1cccc(/C=C/C(=O)NCc2cn3c(Cl)cccc3n2)c1. The van der Waals surface area contributed by atoms with Crippen molar-refractivity contribution in [2.45, 2.75) is 6.54 Å². The van der Waals surface area contributed by atoms with Crippen molar-refractivity contribution in [3.05, 3.63) is 71.1 Å². The van der Waals surface area contributed by atoms with Crippen LogP contribution in [0.1, 0.15) is 11.3 Å². The second-order valence-corrected chi connectivity index (χ2v) is 5.52. The molecule has 0 radical (unpaired) electrons. The Morgan fingerprint density at radius 1 is 1.33 bits per heavy atom. The van der Waals surface area contributed by atoms with E-state index >= 15 is 0 Å². The number of nitrogens with zero attached hydrogens (tertiary/aromatic N) is 2. The van der Waals surface area contributed by atoms with Crippen LogP contribution in [0.15, 0.2) is 54.7 Å². The lowest BCUT2D eigenvalue weighted by Gasteiger charge is -2.00. The van der Waals surface area contributed by atoms with Crippen LogP contribution in [0, 0.1) is 0 Å². The van der Waals surface area contributed by atoms with Crippen LogP contribution in [0.4, 0.5) is 0 Å². The largest absolute Gasteiger partial charge is 0.497 e. The minimum absolute atomic E-state index is 0.194. The van der Waals surface area contributed by atoms with Gasteiger partial charge in [-0.05, 0) is 35.9 Å². The number of benzene rings is 1. The molecule has 0 aliphatic carbocycles. The van der Waals surface area contributed by atoms with Gasteiger partial charge in [-0.2, -0.15) is 0 Å². The van der Waals surface area contributed by atoms with E-state index in [1.807, 2.05) is 42.6 Å². The fourth-order valence-electron chi connectivity index (χ4n) is 2.27. The molecule has 3 rings (SSSR count). The van der Waals surface area contributed by atoms with Crippen molar-refractivity contribution < 1.29 is 9.53 Å². The fraction of sp³-hybridized carbons (Fsp3) is 0.111. The topological polar surface area (TPSA) is 55.6 Å². The van der Waals surface area contributed by atoms with Crippen LogP contribution < -0.4 is 10.1 Å². The summed E-state index contributed by atoms with van der Waals surface area (Å²) in [5, 5.41) is 3.38. The summed E-state index contributed by atoms with van der Waals surface area (Å²) in [5.41, 5.74) is 2.38. The fourth-order valence-corrected chi connectivity index (χ4v) is 2.47. The predicted molar refractivity (Wildman–Crippen MR) is 94.1 cm³/mol. The highest BCUT2D eigenvalue weighted by Gasteiger charge is 2.04. The third-order valence-corrected chi connectivity index (χ3v) is 3.77. The average molecular weight is 342 g/mol. The maximum Gasteiger partial charge on any atom is 0.244 e. The maximum absolute atomic E-state index is 11.9. The summed E-state index contributed by atoms with van der Waals surface area (Å²) in [7, 11) is 1.61. The summed E-state index contributed by atoms with van der Waals surface area (Å²) in [6.07, 6.45) is 5.03. The minimum atomic E-state index is -0.194. The molecule has 0 saturated heterocycles. The number of carbonyl (C=O) groups is 1. The highest BCUT2D eigenvalue weighted by Crippen LogP contribution is 2.14. The van der Waals surface area contributed by atoms with Crippen molar-refractivity contribution in [1.82, 2.24) is 14.7 Å². The lowest BCUT2D eigenvalue weighted by atomic mass is 10.2. The molecule has 122 valence electrons. The molecule has 1 aromatic carbocycles. The summed E-state index contributed by atoms with van der Waals surface area (Å²) in [5.74, 6) is 0.556. The number of rotatable bonds is 5. The van der Waals surface area contributed by atoms with Gasteiger partial charge in [0.2, 0.25) is 5.91 Å². The number of fused-ring (bicyclic) bond motifs is 1. The Morgan fingerprint density at radius 3 is 2.96 bits per heavy atom. The molecule has 5 nitrogen and oxygen atoms in total. The van der Waals surface area contributed by atoms with E-state index < -0.39 is 0 Å². The average Bonchev–Trinajstić information content (AvgIpc) is 3.03. The number of nitrogens with one attached hydrogen (secondary N) is 1. The molecule has 0 unspecified atom stereocenters. The lowest BCUT2D eigenvalue weighted by Crippen LogP contribution is -2.20. The van der Waals surface area contributed by atoms with Crippen LogP contribution in [0.2, 0.25) is 5.15 Å². The van der Waals surface area contributed by atoms with Gasteiger partial charge in [-0.3, -0.25) is 9.20 Å². The Morgan fingerprint density at radius 2 is 2.17 bits per heavy atom. The third kappa shape index (κ3) is 3.75. The van der Waals surface area contributed by atoms with Crippen LogP contribution in [0.25, 0.3) is 11.7 Å². The maximum atomic E-state index is 11.9. The van der Waals surface area contributed by atoms with Gasteiger partial charge in [0.1, 0.15) is 16.5 Å². The molecule has 6 heteroatoms. The highest BCUT2D eigenvalue weighted by atomic mass is 35.5. The van der Waals surface area contributed by atoms with E-state index in [4.69, 9.17) is 16.3 Å². The van der Waals surface area contributed by atoms with Gasteiger partial charge in [0.05, 0.1) is 19.3 Å². The van der Waals surface area contributed by atoms with Crippen LogP contribution >= 0.6 is 11.6 Å². The molecule has 0 fully saturated rings. The number of halogens is 1. The molecule has 0 atom stereocenters. The van der Waals surface area contributed by atoms with Gasteiger partial charge in [0.25, 0.3) is 0 Å². The van der Waals surface area contributed by atoms with Crippen molar-refractivity contribution in [3.63, 3.8) is 0 Å². The summed E-state index contributed by atoms with van der Waals surface area (Å²) >= 11 is 6.09. The van der Waals surface area contributed by atoms with Gasteiger partial charge in [-0.15, -0.1) is 0 Å². The summed E-state index contributed by atoms with van der Waals surface area (Å²) < 4.78 is 6.92. The van der Waals surface area contributed by atoms with Gasteiger partial charge < -0.3 is 10.1 Å². The first kappa shape index (κ1) is 16.1. The zero-order chi connectivity index (χ0) is 16.9. The van der Waals surface area contributed by atoms with Gasteiger partial charge in [0.15, 0.2) is 0 Å². The van der Waals surface area contributed by atoms with E-state index in [-0.39, 0.29) is 5.91 Å². The Balaban J connectivity index is 1.62. The summed E-state index contributed by atoms with van der Waals surface area (Å²) in [6.45, 7) is 0.333. The van der Waals surface area contributed by atoms with E-state index in [1.165, 1.54) is 6.08 Å². The number of hydrogen-bond donors (Lipinski definition) is 1. The van der Waals surface area contributed by atoms with Gasteiger partial charge in [-0.25, -0.2) is 4.98 Å². The molecule has 2 aromatic heterocycles. The first-order valence-electron chi connectivity index (χ1n) is 7.38. The predicted octanol–water partition coefficient (Wildman–Crippen LogP) is 3.33. The molecule has 0 aliphatic rings. The second-order valence-electron chi connectivity index (χ2n) is 5.14. The van der Waals surface area contributed by atoms with Gasteiger partial charge >= 0.3 is 0 Å². The van der Waals surface area contributed by atoms with E-state index in [0.29, 0.717) is 11.7 Å². The zero-order valence-electron chi connectivity index (χ0n) is 13.1. The highest BCUT2D eigenvalue weighted by molar-refractivity contribution is 6.29. The molecule has 2 heterocycles. The van der Waals surface area contributed by atoms with Crippen molar-refractivity contribution in [2.24, 2.45) is 0 Å². The molecule has 1 N–H and O–H groups in total. The Bertz CT molecular complexity index is 902. The molecular formula is C18H16ClN3O2. The molecule has 0 spiro atoms. The van der Waals surface area contributed by atoms with E-state index in [2.05, 4.69) is 10.3 Å². The number of carbonyl (C=O) groups excluding carboxylic acids is 1. The molecule has 0 aliphatic heterocycles. The van der Waals surface area contributed by atoms with Crippen LogP contribution in [-0.4, -0.2) is 22.4 Å². The number of aromatic nitrogens is 2. The van der Waals surface area contributed by atoms with Crippen molar-refractivity contribution in [1.29, 1.82) is 0 Å². The van der Waals surface area contributed by atoms with Gasteiger partial charge in [-0.1, -0.05) is 29.8 Å². The monoisotopic (exact) mass is 341 g/mol. The Hall–Kier alpha value is -2.79. The smallest absolute Gasteiger partial charge is 0.244 e. The third-order valence-electron chi connectivity index (χ3n) is 3.46. The van der Waals surface area contributed by atoms with Gasteiger partial charge in [0, 0.05) is 12.3 Å². The first-order valence-corrected chi connectivity index (χ1v) is 7.76. The Labute approximate surface area is 144 Å². The number of methoxy groups -OCH3 is 1. The summed E-state index contributed by atoms with van der Waals surface area (Å²) in [4.78, 5) is 16.3. The van der Waals surface area contributed by atoms with Crippen molar-refractivity contribution in [3.8, 4) is 5.75 Å². The molecule has 24 heavy (non-hydrogen) atoms. The molecule has 3 aromatic rings. The van der Waals surface area contributed by atoms with E-state index in [9.17, 15) is 4.79 Å². The van der Waals surface area contributed by atoms with E-state index in [1.54, 1.807) is 23.7 Å². The Kier molecular flexibility index (Phi) is 4.82. The molecule has 0 saturated carbocycles. The number of ether oxygens (including phenoxy) is 1. The zero-order valence-corrected chi connectivity index (χ0v) is 13.8. The second kappa shape index (κ2) is 7.19. The quantitative estimate of drug-likeness (QED) is 0.572. The number of hydrogen-bond acceptors (Lipinski definition) is 3. The van der Waals surface area contributed by atoms with Crippen LogP contribution in [-0.2, 0) is 11.3 Å². The number of amides is 1. The lowest BCUT2D eigenvalue weighted by molar-refractivity contribution is -0.116. The van der Waals surface area contributed by atoms with Crippen LogP contribution in [0.3, 0.4) is 0 Å². The summed E-state index contributed by atoms with van der Waals surface area (Å²) in [6, 6.07) is 13.0.